The van der Waals surface area contributed by atoms with Gasteiger partial charge in [-0.15, -0.1) is 0 Å². The Balaban J connectivity index is 1.90. The summed E-state index contributed by atoms with van der Waals surface area (Å²) in [6.45, 7) is 2.28. The van der Waals surface area contributed by atoms with E-state index in [1.54, 1.807) is 0 Å². The molecule has 2 aromatic carbocycles. The Morgan fingerprint density at radius 2 is 1.50 bits per heavy atom. The summed E-state index contributed by atoms with van der Waals surface area (Å²) in [4.78, 5) is 7.37. The summed E-state index contributed by atoms with van der Waals surface area (Å²) in [5, 5.41) is 3.75. The van der Waals surface area contributed by atoms with E-state index in [1.807, 2.05) is 0 Å². The zero-order chi connectivity index (χ0) is 13.4. The second-order valence-electron chi connectivity index (χ2n) is 5.58. The molecule has 0 spiro atoms. The number of benzene rings is 2. The lowest BCUT2D eigenvalue weighted by molar-refractivity contribution is 0.574. The quantitative estimate of drug-likeness (QED) is 0.605. The number of pyridine rings is 1. The normalized spacial score (nSPS) is 15.9. The van der Waals surface area contributed by atoms with Crippen LogP contribution in [0.2, 0.25) is 0 Å². The van der Waals surface area contributed by atoms with E-state index < -0.39 is 0 Å². The van der Waals surface area contributed by atoms with Crippen molar-refractivity contribution in [3.63, 3.8) is 0 Å². The molecule has 0 saturated carbocycles. The van der Waals surface area contributed by atoms with Crippen molar-refractivity contribution >= 4 is 27.5 Å². The van der Waals surface area contributed by atoms with Crippen molar-refractivity contribution in [1.82, 2.24) is 4.98 Å². The topological polar surface area (TPSA) is 16.1 Å². The number of anilines is 1. The van der Waals surface area contributed by atoms with Crippen molar-refractivity contribution in [3.8, 4) is 0 Å². The maximum absolute atomic E-state index is 4.95. The largest absolute Gasteiger partial charge is 0.357 e. The van der Waals surface area contributed by atoms with E-state index in [0.29, 0.717) is 0 Å². The van der Waals surface area contributed by atoms with Gasteiger partial charge in [-0.2, -0.15) is 0 Å². The molecule has 0 N–H and O–H groups in total. The molecule has 0 bridgehead atoms. The van der Waals surface area contributed by atoms with Gasteiger partial charge in [-0.3, -0.25) is 0 Å². The van der Waals surface area contributed by atoms with Crippen LogP contribution >= 0.6 is 0 Å². The van der Waals surface area contributed by atoms with Crippen LogP contribution in [0.1, 0.15) is 19.3 Å². The van der Waals surface area contributed by atoms with Crippen LogP contribution in [0.25, 0.3) is 21.7 Å². The minimum absolute atomic E-state index is 1.13. The van der Waals surface area contributed by atoms with Crippen LogP contribution in [0.4, 0.5) is 5.82 Å². The molecule has 1 saturated heterocycles. The Morgan fingerprint density at radius 1 is 0.750 bits per heavy atom. The Morgan fingerprint density at radius 3 is 2.40 bits per heavy atom. The highest BCUT2D eigenvalue weighted by Crippen LogP contribution is 2.27. The maximum Gasteiger partial charge on any atom is 0.129 e. The molecule has 0 atom stereocenters. The first-order chi connectivity index (χ1) is 9.92. The van der Waals surface area contributed by atoms with Gasteiger partial charge in [0.2, 0.25) is 0 Å². The van der Waals surface area contributed by atoms with Crippen molar-refractivity contribution in [1.29, 1.82) is 0 Å². The van der Waals surface area contributed by atoms with E-state index in [0.717, 1.165) is 24.4 Å². The molecule has 2 nitrogen and oxygen atoms in total. The number of hydrogen-bond donors (Lipinski definition) is 0. The molecule has 0 radical (unpaired) electrons. The maximum atomic E-state index is 4.95. The monoisotopic (exact) mass is 262 g/mol. The second kappa shape index (κ2) is 4.78. The predicted molar refractivity (Wildman–Crippen MR) is 85.3 cm³/mol. The molecule has 20 heavy (non-hydrogen) atoms. The van der Waals surface area contributed by atoms with Crippen LogP contribution in [0, 0.1) is 0 Å². The van der Waals surface area contributed by atoms with E-state index in [-0.39, 0.29) is 0 Å². The SMILES string of the molecule is c1ccc2c(c1)ccc1ccc(N3CCCCC3)nc12. The van der Waals surface area contributed by atoms with Crippen LogP contribution < -0.4 is 4.90 Å². The van der Waals surface area contributed by atoms with Crippen LogP contribution in [0.3, 0.4) is 0 Å². The third kappa shape index (κ3) is 1.92. The summed E-state index contributed by atoms with van der Waals surface area (Å²) in [5.41, 5.74) is 1.13. The minimum Gasteiger partial charge on any atom is -0.357 e. The summed E-state index contributed by atoms with van der Waals surface area (Å²) in [6, 6.07) is 17.2. The van der Waals surface area contributed by atoms with Gasteiger partial charge in [-0.25, -0.2) is 4.98 Å². The van der Waals surface area contributed by atoms with Crippen molar-refractivity contribution in [3.05, 3.63) is 48.5 Å². The average molecular weight is 262 g/mol. The number of nitrogens with zero attached hydrogens (tertiary/aromatic N) is 2. The summed E-state index contributed by atoms with van der Waals surface area (Å²) < 4.78 is 0. The lowest BCUT2D eigenvalue weighted by Gasteiger charge is -2.27. The number of piperidine rings is 1. The van der Waals surface area contributed by atoms with Gasteiger partial charge in [0, 0.05) is 23.9 Å². The highest BCUT2D eigenvalue weighted by atomic mass is 15.2. The third-order valence-corrected chi connectivity index (χ3v) is 4.25. The first-order valence-electron chi connectivity index (χ1n) is 7.45. The Labute approximate surface area is 119 Å². The summed E-state index contributed by atoms with van der Waals surface area (Å²) in [6.07, 6.45) is 3.93. The van der Waals surface area contributed by atoms with Gasteiger partial charge in [0.25, 0.3) is 0 Å². The summed E-state index contributed by atoms with van der Waals surface area (Å²) in [5.74, 6) is 1.13. The van der Waals surface area contributed by atoms with Gasteiger partial charge >= 0.3 is 0 Å². The molecule has 1 fully saturated rings. The Bertz CT molecular complexity index is 758. The number of hydrogen-bond acceptors (Lipinski definition) is 2. The van der Waals surface area contributed by atoms with Crippen LogP contribution in [-0.2, 0) is 0 Å². The smallest absolute Gasteiger partial charge is 0.129 e. The lowest BCUT2D eigenvalue weighted by Crippen LogP contribution is -2.30. The molecule has 100 valence electrons. The van der Waals surface area contributed by atoms with Crippen LogP contribution in [0.15, 0.2) is 48.5 Å². The molecule has 2 heterocycles. The molecule has 4 rings (SSSR count). The van der Waals surface area contributed by atoms with E-state index in [4.69, 9.17) is 4.98 Å². The third-order valence-electron chi connectivity index (χ3n) is 4.25. The van der Waals surface area contributed by atoms with E-state index >= 15 is 0 Å². The highest BCUT2D eigenvalue weighted by molar-refractivity contribution is 6.05. The van der Waals surface area contributed by atoms with Gasteiger partial charge in [-0.1, -0.05) is 36.4 Å². The Hall–Kier alpha value is -2.09. The highest BCUT2D eigenvalue weighted by Gasteiger charge is 2.12. The number of rotatable bonds is 1. The van der Waals surface area contributed by atoms with Crippen molar-refractivity contribution < 1.29 is 0 Å². The van der Waals surface area contributed by atoms with Gasteiger partial charge < -0.3 is 4.90 Å². The van der Waals surface area contributed by atoms with Gasteiger partial charge in [-0.05, 0) is 36.8 Å². The fourth-order valence-electron chi connectivity index (χ4n) is 3.15. The first-order valence-corrected chi connectivity index (χ1v) is 7.45. The average Bonchev–Trinajstić information content (AvgIpc) is 2.55. The molecule has 0 amide bonds. The van der Waals surface area contributed by atoms with Gasteiger partial charge in [0.1, 0.15) is 5.82 Å². The second-order valence-corrected chi connectivity index (χ2v) is 5.58. The summed E-state index contributed by atoms with van der Waals surface area (Å²) in [7, 11) is 0. The van der Waals surface area contributed by atoms with Crippen molar-refractivity contribution in [2.75, 3.05) is 18.0 Å². The standard InChI is InChI=1S/C18H18N2/c1-4-12-20(13-5-1)17-11-10-15-9-8-14-6-2-3-7-16(14)18(15)19-17/h2-3,6-11H,1,4-5,12-13H2. The molecular weight excluding hydrogens is 244 g/mol. The van der Waals surface area contributed by atoms with Crippen molar-refractivity contribution in [2.45, 2.75) is 19.3 Å². The molecule has 3 aromatic rings. The zero-order valence-corrected chi connectivity index (χ0v) is 11.5. The van der Waals surface area contributed by atoms with Crippen molar-refractivity contribution in [2.24, 2.45) is 0 Å². The molecule has 1 aliphatic rings. The number of aromatic nitrogens is 1. The van der Waals surface area contributed by atoms with Gasteiger partial charge in [0.15, 0.2) is 0 Å². The molecule has 1 aliphatic heterocycles. The van der Waals surface area contributed by atoms with Crippen LogP contribution in [-0.4, -0.2) is 18.1 Å². The summed E-state index contributed by atoms with van der Waals surface area (Å²) >= 11 is 0. The molecule has 0 aliphatic carbocycles. The van der Waals surface area contributed by atoms with E-state index in [1.165, 1.54) is 35.4 Å². The first kappa shape index (κ1) is 11.7. The van der Waals surface area contributed by atoms with Gasteiger partial charge in [0.05, 0.1) is 5.52 Å². The Kier molecular flexibility index (Phi) is 2.80. The molecule has 2 heteroatoms. The molecule has 1 aromatic heterocycles. The lowest BCUT2D eigenvalue weighted by atomic mass is 10.1. The van der Waals surface area contributed by atoms with E-state index in [9.17, 15) is 0 Å². The predicted octanol–water partition coefficient (Wildman–Crippen LogP) is 4.38. The van der Waals surface area contributed by atoms with Crippen LogP contribution in [0.5, 0.6) is 0 Å². The fraction of sp³-hybridized carbons (Fsp3) is 0.278. The minimum atomic E-state index is 1.13. The zero-order valence-electron chi connectivity index (χ0n) is 11.5. The van der Waals surface area contributed by atoms with E-state index in [2.05, 4.69) is 53.4 Å². The fourth-order valence-corrected chi connectivity index (χ4v) is 3.15. The molecular formula is C18H18N2. The number of fused-ring (bicyclic) bond motifs is 3. The molecule has 0 unspecified atom stereocenters.